The van der Waals surface area contributed by atoms with Gasteiger partial charge in [-0.05, 0) is 74.4 Å². The molecule has 3 heteroatoms. The topological polar surface area (TPSA) is 24.5 Å². The lowest BCUT2D eigenvalue weighted by Gasteiger charge is -2.44. The van der Waals surface area contributed by atoms with Gasteiger partial charge in [-0.25, -0.2) is 0 Å². The van der Waals surface area contributed by atoms with Gasteiger partial charge in [0.2, 0.25) is 0 Å². The van der Waals surface area contributed by atoms with Crippen molar-refractivity contribution in [1.29, 1.82) is 0 Å². The van der Waals surface area contributed by atoms with E-state index >= 15 is 0 Å². The van der Waals surface area contributed by atoms with Crippen molar-refractivity contribution in [2.45, 2.75) is 44.2 Å². The summed E-state index contributed by atoms with van der Waals surface area (Å²) < 4.78 is 5.47. The smallest absolute Gasteiger partial charge is 0.119 e. The fraction of sp³-hybridized carbons (Fsp3) is 0.667. The third-order valence-electron chi connectivity index (χ3n) is 5.76. The highest BCUT2D eigenvalue weighted by molar-refractivity contribution is 5.39. The number of benzene rings is 1. The van der Waals surface area contributed by atoms with Crippen LogP contribution in [0.5, 0.6) is 5.75 Å². The molecule has 114 valence electrons. The SMILES string of the molecule is COc1ccc2c(c1)C(N1CCCC3CNCC31)CCC2. The van der Waals surface area contributed by atoms with Crippen LogP contribution >= 0.6 is 0 Å². The van der Waals surface area contributed by atoms with E-state index in [1.807, 2.05) is 0 Å². The summed E-state index contributed by atoms with van der Waals surface area (Å²) in [7, 11) is 1.78. The van der Waals surface area contributed by atoms with Crippen molar-refractivity contribution in [1.82, 2.24) is 10.2 Å². The lowest BCUT2D eigenvalue weighted by atomic mass is 9.83. The molecule has 0 saturated carbocycles. The first-order valence-corrected chi connectivity index (χ1v) is 8.50. The van der Waals surface area contributed by atoms with E-state index in [1.165, 1.54) is 57.3 Å². The zero-order chi connectivity index (χ0) is 14.2. The van der Waals surface area contributed by atoms with Crippen molar-refractivity contribution in [3.8, 4) is 5.75 Å². The number of nitrogens with zero attached hydrogens (tertiary/aromatic N) is 1. The number of rotatable bonds is 2. The summed E-state index contributed by atoms with van der Waals surface area (Å²) in [6, 6.07) is 8.06. The minimum absolute atomic E-state index is 0.608. The molecule has 3 atom stereocenters. The van der Waals surface area contributed by atoms with Crippen molar-refractivity contribution in [3.05, 3.63) is 29.3 Å². The molecule has 2 aliphatic heterocycles. The Balaban J connectivity index is 1.67. The van der Waals surface area contributed by atoms with Gasteiger partial charge in [-0.3, -0.25) is 4.90 Å². The number of nitrogens with one attached hydrogen (secondary N) is 1. The molecule has 4 rings (SSSR count). The number of ether oxygens (including phenoxy) is 1. The third kappa shape index (κ3) is 2.36. The van der Waals surface area contributed by atoms with Crippen molar-refractivity contribution < 1.29 is 4.74 Å². The second-order valence-corrected chi connectivity index (χ2v) is 6.84. The molecule has 3 unspecified atom stereocenters. The first-order chi connectivity index (χ1) is 10.4. The van der Waals surface area contributed by atoms with Crippen LogP contribution in [0.25, 0.3) is 0 Å². The number of methoxy groups -OCH3 is 1. The molecule has 21 heavy (non-hydrogen) atoms. The van der Waals surface area contributed by atoms with Crippen LogP contribution in [0.4, 0.5) is 0 Å². The Morgan fingerprint density at radius 2 is 2.14 bits per heavy atom. The summed E-state index contributed by atoms with van der Waals surface area (Å²) in [6.07, 6.45) is 6.63. The van der Waals surface area contributed by atoms with Gasteiger partial charge in [0.25, 0.3) is 0 Å². The minimum atomic E-state index is 0.608. The fourth-order valence-corrected chi connectivity index (χ4v) is 4.71. The lowest BCUT2D eigenvalue weighted by molar-refractivity contribution is 0.0678. The highest BCUT2D eigenvalue weighted by atomic mass is 16.5. The van der Waals surface area contributed by atoms with E-state index in [0.29, 0.717) is 6.04 Å². The molecule has 0 bridgehead atoms. The van der Waals surface area contributed by atoms with Crippen LogP contribution in [0.2, 0.25) is 0 Å². The quantitative estimate of drug-likeness (QED) is 0.905. The zero-order valence-corrected chi connectivity index (χ0v) is 13.0. The normalized spacial score (nSPS) is 32.5. The molecule has 1 aromatic carbocycles. The Hall–Kier alpha value is -1.06. The summed E-state index contributed by atoms with van der Waals surface area (Å²) in [6.45, 7) is 3.67. The summed E-state index contributed by atoms with van der Waals surface area (Å²) in [5.41, 5.74) is 3.08. The minimum Gasteiger partial charge on any atom is -0.497 e. The van der Waals surface area contributed by atoms with Crippen LogP contribution in [0.1, 0.15) is 42.9 Å². The zero-order valence-electron chi connectivity index (χ0n) is 13.0. The lowest BCUT2D eigenvalue weighted by Crippen LogP contribution is -2.47. The van der Waals surface area contributed by atoms with Crippen LogP contribution in [0.3, 0.4) is 0 Å². The maximum atomic E-state index is 5.47. The first-order valence-electron chi connectivity index (χ1n) is 8.50. The van der Waals surface area contributed by atoms with Crippen molar-refractivity contribution >= 4 is 0 Å². The molecule has 1 aliphatic carbocycles. The number of likely N-dealkylation sites (tertiary alicyclic amines) is 1. The van der Waals surface area contributed by atoms with Crippen LogP contribution in [-0.2, 0) is 6.42 Å². The molecule has 0 spiro atoms. The molecule has 2 fully saturated rings. The van der Waals surface area contributed by atoms with Gasteiger partial charge in [0, 0.05) is 18.6 Å². The Labute approximate surface area is 127 Å². The van der Waals surface area contributed by atoms with Crippen molar-refractivity contribution in [2.75, 3.05) is 26.7 Å². The van der Waals surface area contributed by atoms with Gasteiger partial charge in [-0.1, -0.05) is 6.07 Å². The third-order valence-corrected chi connectivity index (χ3v) is 5.76. The Morgan fingerprint density at radius 3 is 3.05 bits per heavy atom. The second kappa shape index (κ2) is 5.62. The van der Waals surface area contributed by atoms with E-state index in [0.717, 1.165) is 17.7 Å². The predicted molar refractivity (Wildman–Crippen MR) is 84.8 cm³/mol. The van der Waals surface area contributed by atoms with E-state index in [2.05, 4.69) is 28.4 Å². The number of hydrogen-bond donors (Lipinski definition) is 1. The van der Waals surface area contributed by atoms with Gasteiger partial charge in [0.15, 0.2) is 0 Å². The highest BCUT2D eigenvalue weighted by Crippen LogP contribution is 2.41. The van der Waals surface area contributed by atoms with E-state index in [9.17, 15) is 0 Å². The van der Waals surface area contributed by atoms with Crippen molar-refractivity contribution in [2.24, 2.45) is 5.92 Å². The summed E-state index contributed by atoms with van der Waals surface area (Å²) >= 11 is 0. The molecule has 1 N–H and O–H groups in total. The van der Waals surface area contributed by atoms with E-state index in [-0.39, 0.29) is 0 Å². The van der Waals surface area contributed by atoms with E-state index < -0.39 is 0 Å². The summed E-state index contributed by atoms with van der Waals surface area (Å²) in [4.78, 5) is 2.81. The number of aryl methyl sites for hydroxylation is 1. The highest BCUT2D eigenvalue weighted by Gasteiger charge is 2.39. The number of fused-ring (bicyclic) bond motifs is 2. The van der Waals surface area contributed by atoms with Crippen LogP contribution in [0.15, 0.2) is 18.2 Å². The van der Waals surface area contributed by atoms with Gasteiger partial charge in [-0.2, -0.15) is 0 Å². The molecule has 2 saturated heterocycles. The molecule has 0 radical (unpaired) electrons. The summed E-state index contributed by atoms with van der Waals surface area (Å²) in [5.74, 6) is 1.88. The monoisotopic (exact) mass is 286 g/mol. The standard InChI is InChI=1S/C18H26N2O/c1-21-15-8-7-13-4-2-6-17(16(13)10-15)20-9-3-5-14-11-19-12-18(14)20/h7-8,10,14,17-19H,2-6,9,11-12H2,1H3. The van der Waals surface area contributed by atoms with Crippen LogP contribution in [0, 0.1) is 5.92 Å². The molecule has 2 heterocycles. The molecule has 1 aromatic rings. The van der Waals surface area contributed by atoms with E-state index in [1.54, 1.807) is 12.7 Å². The van der Waals surface area contributed by atoms with Gasteiger partial charge in [0.1, 0.15) is 5.75 Å². The predicted octanol–water partition coefficient (Wildman–Crippen LogP) is 2.76. The maximum absolute atomic E-state index is 5.47. The Morgan fingerprint density at radius 1 is 1.19 bits per heavy atom. The largest absolute Gasteiger partial charge is 0.497 e. The molecule has 3 aliphatic rings. The average molecular weight is 286 g/mol. The van der Waals surface area contributed by atoms with Crippen molar-refractivity contribution in [3.63, 3.8) is 0 Å². The van der Waals surface area contributed by atoms with E-state index in [4.69, 9.17) is 4.74 Å². The Bertz CT molecular complexity index is 516. The van der Waals surface area contributed by atoms with Gasteiger partial charge in [-0.15, -0.1) is 0 Å². The molecule has 3 nitrogen and oxygen atoms in total. The van der Waals surface area contributed by atoms with Crippen LogP contribution < -0.4 is 10.1 Å². The van der Waals surface area contributed by atoms with Crippen LogP contribution in [-0.4, -0.2) is 37.7 Å². The summed E-state index contributed by atoms with van der Waals surface area (Å²) in [5, 5.41) is 3.61. The Kier molecular flexibility index (Phi) is 3.64. The van der Waals surface area contributed by atoms with Gasteiger partial charge in [0.05, 0.1) is 7.11 Å². The maximum Gasteiger partial charge on any atom is 0.119 e. The molecular weight excluding hydrogens is 260 g/mol. The van der Waals surface area contributed by atoms with Gasteiger partial charge < -0.3 is 10.1 Å². The number of hydrogen-bond acceptors (Lipinski definition) is 3. The molecule has 0 amide bonds. The first kappa shape index (κ1) is 13.6. The number of piperidine rings is 1. The second-order valence-electron chi connectivity index (χ2n) is 6.84. The fourth-order valence-electron chi connectivity index (χ4n) is 4.71. The van der Waals surface area contributed by atoms with Gasteiger partial charge >= 0.3 is 0 Å². The molecular formula is C18H26N2O. The average Bonchev–Trinajstić information content (AvgIpc) is 3.02. The molecule has 0 aromatic heterocycles.